The molecule has 4 atom stereocenters. The van der Waals surface area contributed by atoms with Crippen LogP contribution in [0.3, 0.4) is 0 Å². The normalized spacial score (nSPS) is 14.6. The van der Waals surface area contributed by atoms with Crippen LogP contribution in [0.5, 0.6) is 0 Å². The molecule has 0 saturated carbocycles. The van der Waals surface area contributed by atoms with Crippen molar-refractivity contribution >= 4 is 11.9 Å². The maximum atomic E-state index is 12.6. The molecule has 0 bridgehead atoms. The van der Waals surface area contributed by atoms with Crippen LogP contribution >= 0.6 is 0 Å². The molecule has 0 radical (unpaired) electrons. The zero-order chi connectivity index (χ0) is 31.6. The van der Waals surface area contributed by atoms with Gasteiger partial charge in [-0.25, -0.2) is 0 Å². The van der Waals surface area contributed by atoms with Gasteiger partial charge >= 0.3 is 11.9 Å². The number of unbranched alkanes of at least 4 members (excludes halogenated alkanes) is 7. The maximum absolute atomic E-state index is 12.6. The largest absolute Gasteiger partial charge is 0.462 e. The summed E-state index contributed by atoms with van der Waals surface area (Å²) in [5.41, 5.74) is 0. The molecule has 0 aromatic rings. The zero-order valence-electron chi connectivity index (χ0n) is 29.7. The van der Waals surface area contributed by atoms with Crippen LogP contribution in [0.25, 0.3) is 0 Å². The van der Waals surface area contributed by atoms with Gasteiger partial charge in [0, 0.05) is 12.8 Å². The Morgan fingerprint density at radius 2 is 0.833 bits per heavy atom. The van der Waals surface area contributed by atoms with Crippen LogP contribution in [0.15, 0.2) is 0 Å². The first kappa shape index (κ1) is 40.9. The molecular formula is C38H74O4. The second-order valence-electron chi connectivity index (χ2n) is 14.1. The minimum absolute atomic E-state index is 0.0171. The van der Waals surface area contributed by atoms with Crippen molar-refractivity contribution in [2.75, 3.05) is 0 Å². The van der Waals surface area contributed by atoms with Crippen molar-refractivity contribution in [2.45, 2.75) is 209 Å². The topological polar surface area (TPSA) is 52.6 Å². The summed E-state index contributed by atoms with van der Waals surface area (Å²) in [6.45, 7) is 18.0. The summed E-state index contributed by atoms with van der Waals surface area (Å²) in [4.78, 5) is 25.1. The monoisotopic (exact) mass is 595 g/mol. The Balaban J connectivity index is 4.19. The van der Waals surface area contributed by atoms with Crippen LogP contribution in [0, 0.1) is 23.7 Å². The molecule has 0 aliphatic heterocycles. The van der Waals surface area contributed by atoms with Crippen LogP contribution in [0.2, 0.25) is 0 Å². The van der Waals surface area contributed by atoms with Crippen LogP contribution in [0.4, 0.5) is 0 Å². The highest BCUT2D eigenvalue weighted by molar-refractivity contribution is 5.69. The van der Waals surface area contributed by atoms with E-state index in [-0.39, 0.29) is 24.1 Å². The molecule has 4 unspecified atom stereocenters. The van der Waals surface area contributed by atoms with Gasteiger partial charge in [-0.3, -0.25) is 9.59 Å². The molecule has 0 spiro atoms. The number of hydrogen-bond acceptors (Lipinski definition) is 4. The molecule has 4 nitrogen and oxygen atoms in total. The summed E-state index contributed by atoms with van der Waals surface area (Å²) >= 11 is 0. The van der Waals surface area contributed by atoms with Crippen molar-refractivity contribution in [2.24, 2.45) is 23.7 Å². The number of carbonyl (C=O) groups is 2. The SMILES string of the molecule is CCCCC(CC)CCC(CC(C)C)OC(=O)CCCCCCCCC(=O)OC(CCC(CC)CCCC)CC(C)C. The summed E-state index contributed by atoms with van der Waals surface area (Å²) in [7, 11) is 0. The molecular weight excluding hydrogens is 520 g/mol. The molecule has 0 rings (SSSR count). The molecule has 0 heterocycles. The summed E-state index contributed by atoms with van der Waals surface area (Å²) < 4.78 is 11.9. The van der Waals surface area contributed by atoms with E-state index in [1.165, 1.54) is 64.2 Å². The Morgan fingerprint density at radius 3 is 1.14 bits per heavy atom. The lowest BCUT2D eigenvalue weighted by Gasteiger charge is -2.22. The number of esters is 2. The first-order valence-electron chi connectivity index (χ1n) is 18.5. The highest BCUT2D eigenvalue weighted by atomic mass is 16.5. The fraction of sp³-hybridized carbons (Fsp3) is 0.947. The van der Waals surface area contributed by atoms with Crippen molar-refractivity contribution in [3.05, 3.63) is 0 Å². The van der Waals surface area contributed by atoms with Crippen molar-refractivity contribution < 1.29 is 19.1 Å². The summed E-state index contributed by atoms with van der Waals surface area (Å²) in [5, 5.41) is 0. The fourth-order valence-electron chi connectivity index (χ4n) is 6.17. The predicted octanol–water partition coefficient (Wildman–Crippen LogP) is 12.0. The van der Waals surface area contributed by atoms with E-state index in [4.69, 9.17) is 9.47 Å². The van der Waals surface area contributed by atoms with Crippen LogP contribution in [-0.4, -0.2) is 24.1 Å². The molecule has 0 N–H and O–H groups in total. The zero-order valence-corrected chi connectivity index (χ0v) is 29.7. The average Bonchev–Trinajstić information content (AvgIpc) is 2.93. The summed E-state index contributed by atoms with van der Waals surface area (Å²) in [5.74, 6) is 2.57. The lowest BCUT2D eigenvalue weighted by molar-refractivity contribution is -0.151. The third-order valence-electron chi connectivity index (χ3n) is 8.96. The van der Waals surface area contributed by atoms with E-state index in [1.807, 2.05) is 0 Å². The predicted molar refractivity (Wildman–Crippen MR) is 181 cm³/mol. The maximum Gasteiger partial charge on any atom is 0.306 e. The van der Waals surface area contributed by atoms with E-state index in [0.717, 1.165) is 76.0 Å². The van der Waals surface area contributed by atoms with Gasteiger partial charge in [0.2, 0.25) is 0 Å². The molecule has 0 aliphatic carbocycles. The second kappa shape index (κ2) is 27.5. The molecule has 250 valence electrons. The minimum Gasteiger partial charge on any atom is -0.462 e. The fourth-order valence-corrected chi connectivity index (χ4v) is 6.17. The quantitative estimate of drug-likeness (QED) is 0.0638. The third kappa shape index (κ3) is 24.4. The second-order valence-corrected chi connectivity index (χ2v) is 14.1. The highest BCUT2D eigenvalue weighted by Crippen LogP contribution is 2.25. The van der Waals surface area contributed by atoms with Gasteiger partial charge in [-0.2, -0.15) is 0 Å². The molecule has 0 aromatic carbocycles. The number of rotatable bonds is 29. The van der Waals surface area contributed by atoms with Crippen molar-refractivity contribution in [1.29, 1.82) is 0 Å². The first-order valence-corrected chi connectivity index (χ1v) is 18.5. The van der Waals surface area contributed by atoms with Crippen molar-refractivity contribution in [3.8, 4) is 0 Å². The van der Waals surface area contributed by atoms with Crippen molar-refractivity contribution in [1.82, 2.24) is 0 Å². The van der Waals surface area contributed by atoms with E-state index < -0.39 is 0 Å². The van der Waals surface area contributed by atoms with Crippen LogP contribution in [-0.2, 0) is 19.1 Å². The van der Waals surface area contributed by atoms with E-state index in [0.29, 0.717) is 24.7 Å². The molecule has 4 heteroatoms. The number of hydrogen-bond donors (Lipinski definition) is 0. The average molecular weight is 595 g/mol. The van der Waals surface area contributed by atoms with Gasteiger partial charge in [0.1, 0.15) is 12.2 Å². The Morgan fingerprint density at radius 1 is 0.476 bits per heavy atom. The molecule has 0 amide bonds. The van der Waals surface area contributed by atoms with E-state index in [9.17, 15) is 9.59 Å². The Labute approximate surface area is 263 Å². The van der Waals surface area contributed by atoms with Gasteiger partial charge in [-0.1, -0.05) is 132 Å². The number of carbonyl (C=O) groups excluding carboxylic acids is 2. The van der Waals surface area contributed by atoms with Gasteiger partial charge in [0.05, 0.1) is 0 Å². The van der Waals surface area contributed by atoms with Crippen LogP contribution in [0.1, 0.15) is 197 Å². The molecule has 42 heavy (non-hydrogen) atoms. The molecule has 0 aromatic heterocycles. The Kier molecular flexibility index (Phi) is 26.8. The lowest BCUT2D eigenvalue weighted by atomic mass is 9.91. The Hall–Kier alpha value is -1.06. The van der Waals surface area contributed by atoms with Gasteiger partial charge in [-0.05, 0) is 75.0 Å². The number of ether oxygens (including phenoxy) is 2. The lowest BCUT2D eigenvalue weighted by Crippen LogP contribution is -2.21. The van der Waals surface area contributed by atoms with Gasteiger partial charge in [0.25, 0.3) is 0 Å². The highest BCUT2D eigenvalue weighted by Gasteiger charge is 2.19. The van der Waals surface area contributed by atoms with E-state index >= 15 is 0 Å². The van der Waals surface area contributed by atoms with E-state index in [1.54, 1.807) is 0 Å². The van der Waals surface area contributed by atoms with Gasteiger partial charge < -0.3 is 9.47 Å². The molecule has 0 aliphatic rings. The molecule has 0 saturated heterocycles. The smallest absolute Gasteiger partial charge is 0.306 e. The van der Waals surface area contributed by atoms with Crippen molar-refractivity contribution in [3.63, 3.8) is 0 Å². The molecule has 0 fully saturated rings. The minimum atomic E-state index is -0.0171. The standard InChI is InChI=1S/C38H74O4/c1-9-13-21-33(11-3)25-27-35(29-31(5)6)41-37(39)23-19-17-15-16-18-20-24-38(40)42-36(30-32(7)8)28-26-34(12-4)22-14-10-2/h31-36H,9-30H2,1-8H3. The Bertz CT molecular complexity index is 575. The van der Waals surface area contributed by atoms with Crippen LogP contribution < -0.4 is 0 Å². The van der Waals surface area contributed by atoms with E-state index in [2.05, 4.69) is 55.4 Å². The van der Waals surface area contributed by atoms with Gasteiger partial charge in [0.15, 0.2) is 0 Å². The van der Waals surface area contributed by atoms with Gasteiger partial charge in [-0.15, -0.1) is 0 Å². The third-order valence-corrected chi connectivity index (χ3v) is 8.96. The summed E-state index contributed by atoms with van der Waals surface area (Å²) in [6.07, 6.45) is 23.8. The summed E-state index contributed by atoms with van der Waals surface area (Å²) in [6, 6.07) is 0. The first-order chi connectivity index (χ1) is 20.1.